The molecule has 1 aromatic carbocycles. The lowest BCUT2D eigenvalue weighted by Crippen LogP contribution is -2.01. The molecule has 6 nitrogen and oxygen atoms in total. The Morgan fingerprint density at radius 2 is 1.96 bits per heavy atom. The minimum Gasteiger partial charge on any atom is -0.324 e. The standard InChI is InChI=1S/C18H22N6S/c1-11(2)25-15-7-5-6-14(10-15)20-18-19-9-8-16(22-18)21-17-12(3)13(4)23-24-17/h5-11H,1-4H3,(H3,19,20,21,22,23,24). The second kappa shape index (κ2) is 7.57. The summed E-state index contributed by atoms with van der Waals surface area (Å²) in [6.07, 6.45) is 1.72. The quantitative estimate of drug-likeness (QED) is 0.552. The lowest BCUT2D eigenvalue weighted by molar-refractivity contribution is 1.04. The Kier molecular flexibility index (Phi) is 5.23. The summed E-state index contributed by atoms with van der Waals surface area (Å²) < 4.78 is 0. The minimum atomic E-state index is 0.541. The van der Waals surface area contributed by atoms with Crippen LogP contribution in [0.1, 0.15) is 25.1 Å². The summed E-state index contributed by atoms with van der Waals surface area (Å²) in [4.78, 5) is 10.0. The monoisotopic (exact) mass is 354 g/mol. The highest BCUT2D eigenvalue weighted by Gasteiger charge is 2.07. The molecule has 130 valence electrons. The van der Waals surface area contributed by atoms with Gasteiger partial charge in [0, 0.05) is 33.3 Å². The molecule has 2 aromatic heterocycles. The minimum absolute atomic E-state index is 0.541. The Bertz CT molecular complexity index is 858. The number of nitrogens with one attached hydrogen (secondary N) is 3. The normalized spacial score (nSPS) is 10.9. The summed E-state index contributed by atoms with van der Waals surface area (Å²) >= 11 is 1.83. The maximum Gasteiger partial charge on any atom is 0.229 e. The number of aryl methyl sites for hydroxylation is 1. The summed E-state index contributed by atoms with van der Waals surface area (Å²) in [5.41, 5.74) is 3.08. The second-order valence-corrected chi connectivity index (χ2v) is 7.68. The second-order valence-electron chi connectivity index (χ2n) is 6.03. The molecule has 3 N–H and O–H groups in total. The molecule has 3 aromatic rings. The van der Waals surface area contributed by atoms with Crippen molar-refractivity contribution in [3.8, 4) is 0 Å². The van der Waals surface area contributed by atoms with E-state index in [1.54, 1.807) is 6.20 Å². The van der Waals surface area contributed by atoms with Crippen molar-refractivity contribution >= 4 is 35.0 Å². The van der Waals surface area contributed by atoms with E-state index in [4.69, 9.17) is 0 Å². The van der Waals surface area contributed by atoms with Gasteiger partial charge < -0.3 is 10.6 Å². The first-order valence-corrected chi connectivity index (χ1v) is 9.04. The molecular formula is C18H22N6S. The molecule has 2 heterocycles. The molecule has 0 bridgehead atoms. The third kappa shape index (κ3) is 4.51. The van der Waals surface area contributed by atoms with Crippen LogP contribution in [0.15, 0.2) is 41.4 Å². The number of nitrogens with zero attached hydrogens (tertiary/aromatic N) is 3. The number of aromatic amines is 1. The molecule has 0 fully saturated rings. The zero-order valence-electron chi connectivity index (χ0n) is 14.8. The zero-order valence-corrected chi connectivity index (χ0v) is 15.6. The van der Waals surface area contributed by atoms with E-state index in [0.717, 1.165) is 22.8 Å². The summed E-state index contributed by atoms with van der Waals surface area (Å²) in [6.45, 7) is 8.37. The van der Waals surface area contributed by atoms with Gasteiger partial charge in [0.2, 0.25) is 5.95 Å². The number of hydrogen-bond donors (Lipinski definition) is 3. The molecule has 0 radical (unpaired) electrons. The summed E-state index contributed by atoms with van der Waals surface area (Å²) in [7, 11) is 0. The van der Waals surface area contributed by atoms with Crippen LogP contribution in [0.2, 0.25) is 0 Å². The lowest BCUT2D eigenvalue weighted by Gasteiger charge is -2.10. The summed E-state index contributed by atoms with van der Waals surface area (Å²) in [5.74, 6) is 2.01. The maximum absolute atomic E-state index is 4.51. The third-order valence-corrected chi connectivity index (χ3v) is 4.61. The predicted octanol–water partition coefficient (Wildman–Crippen LogP) is 4.80. The van der Waals surface area contributed by atoms with Crippen LogP contribution in [-0.4, -0.2) is 25.4 Å². The van der Waals surface area contributed by atoms with E-state index < -0.39 is 0 Å². The largest absolute Gasteiger partial charge is 0.324 e. The number of benzene rings is 1. The number of anilines is 4. The lowest BCUT2D eigenvalue weighted by atomic mass is 10.3. The van der Waals surface area contributed by atoms with E-state index in [1.165, 1.54) is 4.90 Å². The van der Waals surface area contributed by atoms with Crippen molar-refractivity contribution in [2.75, 3.05) is 10.6 Å². The van der Waals surface area contributed by atoms with Gasteiger partial charge in [0.25, 0.3) is 0 Å². The Labute approximate surface area is 151 Å². The van der Waals surface area contributed by atoms with E-state index >= 15 is 0 Å². The molecule has 0 saturated heterocycles. The van der Waals surface area contributed by atoms with Gasteiger partial charge in [0.05, 0.1) is 0 Å². The fourth-order valence-corrected chi connectivity index (χ4v) is 3.16. The summed E-state index contributed by atoms with van der Waals surface area (Å²) in [5, 5.41) is 14.2. The molecule has 3 rings (SSSR count). The van der Waals surface area contributed by atoms with Gasteiger partial charge in [0.15, 0.2) is 5.82 Å². The van der Waals surface area contributed by atoms with Gasteiger partial charge in [0.1, 0.15) is 5.82 Å². The Morgan fingerprint density at radius 3 is 2.68 bits per heavy atom. The molecule has 25 heavy (non-hydrogen) atoms. The van der Waals surface area contributed by atoms with Crippen molar-refractivity contribution < 1.29 is 0 Å². The van der Waals surface area contributed by atoms with Gasteiger partial charge in [-0.05, 0) is 38.1 Å². The van der Waals surface area contributed by atoms with E-state index in [0.29, 0.717) is 17.0 Å². The summed E-state index contributed by atoms with van der Waals surface area (Å²) in [6, 6.07) is 10.1. The highest BCUT2D eigenvalue weighted by molar-refractivity contribution is 7.99. The molecule has 7 heteroatoms. The van der Waals surface area contributed by atoms with Crippen molar-refractivity contribution in [3.63, 3.8) is 0 Å². The van der Waals surface area contributed by atoms with E-state index in [-0.39, 0.29) is 0 Å². The Morgan fingerprint density at radius 1 is 1.12 bits per heavy atom. The fraction of sp³-hybridized carbons (Fsp3) is 0.278. The Hall–Kier alpha value is -2.54. The first-order valence-electron chi connectivity index (χ1n) is 8.16. The van der Waals surface area contributed by atoms with E-state index in [2.05, 4.69) is 56.8 Å². The van der Waals surface area contributed by atoms with Gasteiger partial charge >= 0.3 is 0 Å². The highest BCUT2D eigenvalue weighted by Crippen LogP contribution is 2.26. The number of rotatable bonds is 6. The average molecular weight is 354 g/mol. The molecular weight excluding hydrogens is 332 g/mol. The van der Waals surface area contributed by atoms with E-state index in [1.807, 2.05) is 43.8 Å². The molecule has 0 spiro atoms. The zero-order chi connectivity index (χ0) is 17.8. The molecule has 0 amide bonds. The van der Waals surface area contributed by atoms with Gasteiger partial charge in [-0.25, -0.2) is 4.98 Å². The van der Waals surface area contributed by atoms with Crippen molar-refractivity contribution in [1.82, 2.24) is 20.2 Å². The van der Waals surface area contributed by atoms with Crippen LogP contribution in [0.25, 0.3) is 0 Å². The van der Waals surface area contributed by atoms with Crippen molar-refractivity contribution in [3.05, 3.63) is 47.8 Å². The van der Waals surface area contributed by atoms with Crippen molar-refractivity contribution in [2.45, 2.75) is 37.8 Å². The molecule has 0 aliphatic rings. The maximum atomic E-state index is 4.51. The van der Waals surface area contributed by atoms with Crippen LogP contribution in [0, 0.1) is 13.8 Å². The van der Waals surface area contributed by atoms with Gasteiger partial charge in [-0.15, -0.1) is 11.8 Å². The average Bonchev–Trinajstić information content (AvgIpc) is 2.87. The van der Waals surface area contributed by atoms with Crippen molar-refractivity contribution in [1.29, 1.82) is 0 Å². The van der Waals surface area contributed by atoms with Gasteiger partial charge in [-0.2, -0.15) is 10.1 Å². The van der Waals surface area contributed by atoms with Gasteiger partial charge in [-0.1, -0.05) is 19.9 Å². The van der Waals surface area contributed by atoms with Crippen molar-refractivity contribution in [2.24, 2.45) is 0 Å². The van der Waals surface area contributed by atoms with Crippen LogP contribution in [-0.2, 0) is 0 Å². The van der Waals surface area contributed by atoms with Gasteiger partial charge in [-0.3, -0.25) is 5.10 Å². The number of H-pyrrole nitrogens is 1. The smallest absolute Gasteiger partial charge is 0.229 e. The highest BCUT2D eigenvalue weighted by atomic mass is 32.2. The molecule has 0 unspecified atom stereocenters. The van der Waals surface area contributed by atoms with Crippen LogP contribution in [0.5, 0.6) is 0 Å². The SMILES string of the molecule is Cc1[nH]nc(Nc2ccnc(Nc3cccc(SC(C)C)c3)n2)c1C. The first kappa shape index (κ1) is 17.3. The molecule has 0 saturated carbocycles. The van der Waals surface area contributed by atoms with Crippen LogP contribution in [0.4, 0.5) is 23.3 Å². The number of thioether (sulfide) groups is 1. The van der Waals surface area contributed by atoms with Crippen LogP contribution in [0.3, 0.4) is 0 Å². The number of aromatic nitrogens is 4. The molecule has 0 atom stereocenters. The first-order chi connectivity index (χ1) is 12.0. The third-order valence-electron chi connectivity index (χ3n) is 3.62. The van der Waals surface area contributed by atoms with E-state index in [9.17, 15) is 0 Å². The molecule has 0 aliphatic carbocycles. The number of hydrogen-bond acceptors (Lipinski definition) is 6. The topological polar surface area (TPSA) is 78.5 Å². The predicted molar refractivity (Wildman–Crippen MR) is 104 cm³/mol. The fourth-order valence-electron chi connectivity index (χ4n) is 2.27. The Balaban J connectivity index is 1.74. The molecule has 0 aliphatic heterocycles. The van der Waals surface area contributed by atoms with Crippen LogP contribution >= 0.6 is 11.8 Å². The van der Waals surface area contributed by atoms with Crippen LogP contribution < -0.4 is 10.6 Å².